The van der Waals surface area contributed by atoms with Crippen molar-refractivity contribution in [1.82, 2.24) is 4.90 Å². The molecule has 0 radical (unpaired) electrons. The van der Waals surface area contributed by atoms with Crippen molar-refractivity contribution in [2.24, 2.45) is 17.6 Å². The average molecular weight is 184 g/mol. The Balaban J connectivity index is 2.50. The summed E-state index contributed by atoms with van der Waals surface area (Å²) in [6.07, 6.45) is 2.09. The molecule has 0 aliphatic carbocycles. The Labute approximate surface area is 80.3 Å². The predicted octanol–water partition coefficient (Wildman–Crippen LogP) is 0.840. The van der Waals surface area contributed by atoms with Crippen LogP contribution in [0.1, 0.15) is 26.7 Å². The molecule has 1 aliphatic rings. The third kappa shape index (κ3) is 2.69. The van der Waals surface area contributed by atoms with Crippen LogP contribution in [0.4, 0.5) is 0 Å². The van der Waals surface area contributed by atoms with Crippen LogP contribution < -0.4 is 5.73 Å². The van der Waals surface area contributed by atoms with E-state index >= 15 is 0 Å². The molecular formula is C10H20N2O. The van der Waals surface area contributed by atoms with Crippen LogP contribution in [0.2, 0.25) is 0 Å². The van der Waals surface area contributed by atoms with Crippen LogP contribution in [0.5, 0.6) is 0 Å². The van der Waals surface area contributed by atoms with Gasteiger partial charge in [0.15, 0.2) is 0 Å². The highest BCUT2D eigenvalue weighted by molar-refractivity contribution is 5.79. The van der Waals surface area contributed by atoms with Crippen LogP contribution >= 0.6 is 0 Å². The van der Waals surface area contributed by atoms with Crippen LogP contribution in [-0.2, 0) is 4.79 Å². The van der Waals surface area contributed by atoms with Crippen molar-refractivity contribution >= 4 is 5.91 Å². The molecule has 0 aromatic carbocycles. The second-order valence-electron chi connectivity index (χ2n) is 4.25. The zero-order valence-corrected chi connectivity index (χ0v) is 8.62. The van der Waals surface area contributed by atoms with Crippen LogP contribution in [0.25, 0.3) is 0 Å². The Hall–Kier alpha value is -0.570. The lowest BCUT2D eigenvalue weighted by Gasteiger charge is -2.32. The number of carbonyl (C=O) groups is 1. The largest absolute Gasteiger partial charge is 0.342 e. The minimum atomic E-state index is 0.0903. The van der Waals surface area contributed by atoms with Gasteiger partial charge in [0.2, 0.25) is 5.91 Å². The van der Waals surface area contributed by atoms with Crippen LogP contribution in [-0.4, -0.2) is 30.4 Å². The lowest BCUT2D eigenvalue weighted by atomic mass is 9.96. The van der Waals surface area contributed by atoms with Gasteiger partial charge in [-0.3, -0.25) is 4.79 Å². The van der Waals surface area contributed by atoms with E-state index < -0.39 is 0 Å². The molecule has 0 bridgehead atoms. The van der Waals surface area contributed by atoms with E-state index in [4.69, 9.17) is 5.73 Å². The molecule has 0 saturated carbocycles. The van der Waals surface area contributed by atoms with Gasteiger partial charge in [0.05, 0.1) is 5.92 Å². The van der Waals surface area contributed by atoms with E-state index in [1.165, 1.54) is 0 Å². The van der Waals surface area contributed by atoms with Gasteiger partial charge in [-0.2, -0.15) is 0 Å². The number of nitrogens with zero attached hydrogens (tertiary/aromatic N) is 1. The fraction of sp³-hybridized carbons (Fsp3) is 0.900. The van der Waals surface area contributed by atoms with Gasteiger partial charge in [-0.05, 0) is 18.8 Å². The highest BCUT2D eigenvalue weighted by atomic mass is 16.2. The van der Waals surface area contributed by atoms with Crippen molar-refractivity contribution in [2.45, 2.75) is 26.7 Å². The number of likely N-dealkylation sites (tertiary alicyclic amines) is 1. The molecule has 1 rings (SSSR count). The summed E-state index contributed by atoms with van der Waals surface area (Å²) >= 11 is 0. The quantitative estimate of drug-likeness (QED) is 0.706. The Morgan fingerprint density at radius 1 is 1.62 bits per heavy atom. The standard InChI is InChI=1S/C10H20N2O/c1-8(2)7-12-5-3-4-9(6-11)10(12)13/h8-9H,3-7,11H2,1-2H3/t9-/m0/s1. The Bertz CT molecular complexity index is 180. The fourth-order valence-corrected chi connectivity index (χ4v) is 1.86. The molecule has 13 heavy (non-hydrogen) atoms. The molecule has 0 spiro atoms. The third-order valence-electron chi connectivity index (χ3n) is 2.51. The summed E-state index contributed by atoms with van der Waals surface area (Å²) in [7, 11) is 0. The van der Waals surface area contributed by atoms with E-state index in [0.29, 0.717) is 12.5 Å². The number of hydrogen-bond donors (Lipinski definition) is 1. The maximum absolute atomic E-state index is 11.7. The highest BCUT2D eigenvalue weighted by Crippen LogP contribution is 2.17. The first-order valence-electron chi connectivity index (χ1n) is 5.14. The summed E-state index contributed by atoms with van der Waals surface area (Å²) in [5, 5.41) is 0. The number of hydrogen-bond acceptors (Lipinski definition) is 2. The van der Waals surface area contributed by atoms with Crippen molar-refractivity contribution in [1.29, 1.82) is 0 Å². The Morgan fingerprint density at radius 3 is 2.85 bits per heavy atom. The van der Waals surface area contributed by atoms with Gasteiger partial charge in [-0.15, -0.1) is 0 Å². The Kier molecular flexibility index (Phi) is 3.72. The molecule has 3 nitrogen and oxygen atoms in total. The van der Waals surface area contributed by atoms with E-state index in [9.17, 15) is 4.79 Å². The molecule has 2 N–H and O–H groups in total. The van der Waals surface area contributed by atoms with Gasteiger partial charge in [0.1, 0.15) is 0 Å². The van der Waals surface area contributed by atoms with Crippen molar-refractivity contribution < 1.29 is 4.79 Å². The van der Waals surface area contributed by atoms with E-state index in [-0.39, 0.29) is 11.8 Å². The maximum atomic E-state index is 11.7. The average Bonchev–Trinajstić information content (AvgIpc) is 2.08. The van der Waals surface area contributed by atoms with E-state index in [1.54, 1.807) is 0 Å². The number of nitrogens with two attached hydrogens (primary N) is 1. The SMILES string of the molecule is CC(C)CN1CCC[C@@H](CN)C1=O. The zero-order chi connectivity index (χ0) is 9.84. The molecule has 0 unspecified atom stereocenters. The summed E-state index contributed by atoms with van der Waals surface area (Å²) in [5.41, 5.74) is 5.54. The number of amides is 1. The second kappa shape index (κ2) is 4.61. The van der Waals surface area contributed by atoms with Gasteiger partial charge in [-0.1, -0.05) is 13.8 Å². The number of carbonyl (C=O) groups excluding carboxylic acids is 1. The van der Waals surface area contributed by atoms with Crippen LogP contribution in [0.15, 0.2) is 0 Å². The summed E-state index contributed by atoms with van der Waals surface area (Å²) in [6.45, 7) is 6.59. The minimum Gasteiger partial charge on any atom is -0.342 e. The smallest absolute Gasteiger partial charge is 0.226 e. The van der Waals surface area contributed by atoms with E-state index in [1.807, 2.05) is 4.90 Å². The molecule has 3 heteroatoms. The molecule has 1 aliphatic heterocycles. The molecule has 1 heterocycles. The molecule has 1 amide bonds. The summed E-state index contributed by atoms with van der Waals surface area (Å²) in [6, 6.07) is 0. The lowest BCUT2D eigenvalue weighted by molar-refractivity contribution is -0.138. The second-order valence-corrected chi connectivity index (χ2v) is 4.25. The fourth-order valence-electron chi connectivity index (χ4n) is 1.86. The van der Waals surface area contributed by atoms with Crippen LogP contribution in [0, 0.1) is 11.8 Å². The summed E-state index contributed by atoms with van der Waals surface area (Å²) in [4.78, 5) is 13.7. The van der Waals surface area contributed by atoms with Crippen molar-refractivity contribution in [3.8, 4) is 0 Å². The van der Waals surface area contributed by atoms with Crippen molar-refractivity contribution in [3.05, 3.63) is 0 Å². The monoisotopic (exact) mass is 184 g/mol. The zero-order valence-electron chi connectivity index (χ0n) is 8.62. The summed E-state index contributed by atoms with van der Waals surface area (Å²) in [5.74, 6) is 0.912. The summed E-state index contributed by atoms with van der Waals surface area (Å²) < 4.78 is 0. The van der Waals surface area contributed by atoms with Crippen molar-refractivity contribution in [3.63, 3.8) is 0 Å². The first-order chi connectivity index (χ1) is 6.15. The lowest BCUT2D eigenvalue weighted by Crippen LogP contribution is -2.45. The molecular weight excluding hydrogens is 164 g/mol. The van der Waals surface area contributed by atoms with Crippen molar-refractivity contribution in [2.75, 3.05) is 19.6 Å². The van der Waals surface area contributed by atoms with Gasteiger partial charge >= 0.3 is 0 Å². The molecule has 0 aromatic heterocycles. The van der Waals surface area contributed by atoms with E-state index in [2.05, 4.69) is 13.8 Å². The first kappa shape index (κ1) is 10.5. The topological polar surface area (TPSA) is 46.3 Å². The third-order valence-corrected chi connectivity index (χ3v) is 2.51. The number of rotatable bonds is 3. The predicted molar refractivity (Wildman–Crippen MR) is 53.2 cm³/mol. The van der Waals surface area contributed by atoms with Gasteiger partial charge in [0, 0.05) is 19.6 Å². The van der Waals surface area contributed by atoms with Gasteiger partial charge in [-0.25, -0.2) is 0 Å². The molecule has 1 fully saturated rings. The first-order valence-corrected chi connectivity index (χ1v) is 5.14. The highest BCUT2D eigenvalue weighted by Gasteiger charge is 2.27. The molecule has 76 valence electrons. The van der Waals surface area contributed by atoms with Crippen LogP contribution in [0.3, 0.4) is 0 Å². The van der Waals surface area contributed by atoms with Gasteiger partial charge < -0.3 is 10.6 Å². The van der Waals surface area contributed by atoms with Gasteiger partial charge in [0.25, 0.3) is 0 Å². The molecule has 1 saturated heterocycles. The normalized spacial score (nSPS) is 24.2. The minimum absolute atomic E-state index is 0.0903. The Morgan fingerprint density at radius 2 is 2.31 bits per heavy atom. The number of piperidine rings is 1. The maximum Gasteiger partial charge on any atom is 0.226 e. The van der Waals surface area contributed by atoms with E-state index in [0.717, 1.165) is 25.9 Å². The molecule has 0 aromatic rings. The molecule has 1 atom stereocenters.